The van der Waals surface area contributed by atoms with E-state index in [0.717, 1.165) is 0 Å². The molecule has 0 atom stereocenters. The summed E-state index contributed by atoms with van der Waals surface area (Å²) in [5.41, 5.74) is 1.83. The van der Waals surface area contributed by atoms with Crippen LogP contribution in [0, 0.1) is 13.8 Å². The molecule has 0 spiro atoms. The average molecular weight is 288 g/mol. The molecule has 0 unspecified atom stereocenters. The van der Waals surface area contributed by atoms with Gasteiger partial charge in [0.25, 0.3) is 5.91 Å². The summed E-state index contributed by atoms with van der Waals surface area (Å²) in [4.78, 5) is 23.7. The minimum atomic E-state index is -1.08. The topological polar surface area (TPSA) is 92.4 Å². The fourth-order valence-corrected chi connectivity index (χ4v) is 2.19. The zero-order valence-electron chi connectivity index (χ0n) is 12.1. The number of aryl methyl sites for hydroxylation is 3. The number of amides is 1. The molecule has 21 heavy (non-hydrogen) atoms. The van der Waals surface area contributed by atoms with Gasteiger partial charge in [-0.1, -0.05) is 24.2 Å². The van der Waals surface area contributed by atoms with Gasteiger partial charge in [-0.15, -0.1) is 0 Å². The lowest BCUT2D eigenvalue weighted by atomic mass is 10.1. The molecule has 0 saturated carbocycles. The van der Waals surface area contributed by atoms with Crippen molar-refractivity contribution in [1.82, 2.24) is 5.16 Å². The van der Waals surface area contributed by atoms with Crippen LogP contribution < -0.4 is 5.32 Å². The van der Waals surface area contributed by atoms with Gasteiger partial charge in [0.15, 0.2) is 0 Å². The lowest BCUT2D eigenvalue weighted by Gasteiger charge is -2.10. The Labute approximate surface area is 121 Å². The average Bonchev–Trinajstić information content (AvgIpc) is 2.79. The molecular formula is C15H16N2O4. The predicted molar refractivity (Wildman–Crippen MR) is 76.7 cm³/mol. The van der Waals surface area contributed by atoms with E-state index in [-0.39, 0.29) is 11.3 Å². The highest BCUT2D eigenvalue weighted by molar-refractivity contribution is 6.09. The number of nitrogens with one attached hydrogen (secondary N) is 1. The molecule has 0 radical (unpaired) electrons. The molecule has 0 aliphatic heterocycles. The maximum absolute atomic E-state index is 12.4. The normalized spacial score (nSPS) is 10.4. The van der Waals surface area contributed by atoms with Crippen molar-refractivity contribution in [3.63, 3.8) is 0 Å². The molecule has 2 aromatic rings. The fourth-order valence-electron chi connectivity index (χ4n) is 2.19. The number of rotatable bonds is 4. The SMILES string of the molecule is CCc1noc(C)c1C(=O)Nc1cccc(C)c1C(=O)O. The number of carboxylic acids is 1. The molecule has 1 amide bonds. The Kier molecular flexibility index (Phi) is 4.07. The molecule has 2 rings (SSSR count). The first-order chi connectivity index (χ1) is 9.95. The Bertz CT molecular complexity index is 704. The number of anilines is 1. The highest BCUT2D eigenvalue weighted by Crippen LogP contribution is 2.22. The van der Waals surface area contributed by atoms with E-state index in [9.17, 15) is 14.7 Å². The molecule has 0 fully saturated rings. The summed E-state index contributed by atoms with van der Waals surface area (Å²) >= 11 is 0. The number of nitrogens with zero attached hydrogens (tertiary/aromatic N) is 1. The Morgan fingerprint density at radius 3 is 2.62 bits per heavy atom. The van der Waals surface area contributed by atoms with E-state index in [4.69, 9.17) is 4.52 Å². The third-order valence-electron chi connectivity index (χ3n) is 3.23. The van der Waals surface area contributed by atoms with E-state index in [2.05, 4.69) is 10.5 Å². The second-order valence-corrected chi connectivity index (χ2v) is 4.67. The van der Waals surface area contributed by atoms with Crippen LogP contribution in [0.4, 0.5) is 5.69 Å². The summed E-state index contributed by atoms with van der Waals surface area (Å²) in [6, 6.07) is 4.93. The highest BCUT2D eigenvalue weighted by Gasteiger charge is 2.21. The van der Waals surface area contributed by atoms with Crippen molar-refractivity contribution >= 4 is 17.6 Å². The second kappa shape index (κ2) is 5.78. The number of carboxylic acid groups (broad SMARTS) is 1. The number of hydrogen-bond donors (Lipinski definition) is 2. The van der Waals surface area contributed by atoms with Gasteiger partial charge < -0.3 is 14.9 Å². The monoisotopic (exact) mass is 288 g/mol. The van der Waals surface area contributed by atoms with Crippen molar-refractivity contribution in [1.29, 1.82) is 0 Å². The number of hydrogen-bond acceptors (Lipinski definition) is 4. The molecule has 110 valence electrons. The standard InChI is InChI=1S/C15H16N2O4/c1-4-10-13(9(3)21-17-10)14(18)16-11-7-5-6-8(2)12(11)15(19)20/h5-7H,4H2,1-3H3,(H,16,18)(H,19,20). The van der Waals surface area contributed by atoms with Crippen LogP contribution in [-0.4, -0.2) is 22.1 Å². The van der Waals surface area contributed by atoms with Crippen LogP contribution in [0.25, 0.3) is 0 Å². The molecule has 0 aliphatic rings. The molecule has 6 nitrogen and oxygen atoms in total. The number of carbonyl (C=O) groups excluding carboxylic acids is 1. The summed E-state index contributed by atoms with van der Waals surface area (Å²) < 4.78 is 5.02. The smallest absolute Gasteiger partial charge is 0.338 e. The summed E-state index contributed by atoms with van der Waals surface area (Å²) in [6.07, 6.45) is 0.555. The maximum Gasteiger partial charge on any atom is 0.338 e. The number of aromatic nitrogens is 1. The van der Waals surface area contributed by atoms with Gasteiger partial charge in [0.1, 0.15) is 11.3 Å². The quantitative estimate of drug-likeness (QED) is 0.902. The van der Waals surface area contributed by atoms with Crippen LogP contribution in [0.2, 0.25) is 0 Å². The van der Waals surface area contributed by atoms with Crippen LogP contribution in [0.1, 0.15) is 44.7 Å². The zero-order chi connectivity index (χ0) is 15.6. The lowest BCUT2D eigenvalue weighted by Crippen LogP contribution is -2.17. The first kappa shape index (κ1) is 14.8. The fraction of sp³-hybridized carbons (Fsp3) is 0.267. The molecule has 1 aromatic carbocycles. The molecule has 6 heteroatoms. The zero-order valence-corrected chi connectivity index (χ0v) is 12.1. The minimum absolute atomic E-state index is 0.0815. The summed E-state index contributed by atoms with van der Waals surface area (Å²) in [6.45, 7) is 5.19. The van der Waals surface area contributed by atoms with Crippen LogP contribution in [0.5, 0.6) is 0 Å². The van der Waals surface area contributed by atoms with Crippen LogP contribution >= 0.6 is 0 Å². The van der Waals surface area contributed by atoms with Crippen molar-refractivity contribution in [3.8, 4) is 0 Å². The van der Waals surface area contributed by atoms with Crippen molar-refractivity contribution in [3.05, 3.63) is 46.3 Å². The Hall–Kier alpha value is -2.63. The number of benzene rings is 1. The predicted octanol–water partition coefficient (Wildman–Crippen LogP) is 2.80. The molecule has 1 heterocycles. The van der Waals surface area contributed by atoms with Gasteiger partial charge in [-0.05, 0) is 31.9 Å². The van der Waals surface area contributed by atoms with Crippen molar-refractivity contribution < 1.29 is 19.2 Å². The summed E-state index contributed by atoms with van der Waals surface area (Å²) in [5, 5.41) is 15.7. The van der Waals surface area contributed by atoms with Crippen molar-refractivity contribution in [2.24, 2.45) is 0 Å². The van der Waals surface area contributed by atoms with Gasteiger partial charge in [-0.25, -0.2) is 4.79 Å². The number of aromatic carboxylic acids is 1. The van der Waals surface area contributed by atoms with Gasteiger partial charge in [-0.3, -0.25) is 4.79 Å². The van der Waals surface area contributed by atoms with Gasteiger partial charge >= 0.3 is 5.97 Å². The molecule has 0 bridgehead atoms. The highest BCUT2D eigenvalue weighted by atomic mass is 16.5. The first-order valence-corrected chi connectivity index (χ1v) is 6.55. The van der Waals surface area contributed by atoms with Gasteiger partial charge in [0.2, 0.25) is 0 Å². The largest absolute Gasteiger partial charge is 0.478 e. The van der Waals surface area contributed by atoms with Crippen molar-refractivity contribution in [2.75, 3.05) is 5.32 Å². The second-order valence-electron chi connectivity index (χ2n) is 4.67. The van der Waals surface area contributed by atoms with E-state index in [1.807, 2.05) is 6.92 Å². The minimum Gasteiger partial charge on any atom is -0.478 e. The summed E-state index contributed by atoms with van der Waals surface area (Å²) in [7, 11) is 0. The van der Waals surface area contributed by atoms with E-state index in [1.54, 1.807) is 32.0 Å². The summed E-state index contributed by atoms with van der Waals surface area (Å²) in [5.74, 6) is -1.09. The molecule has 2 N–H and O–H groups in total. The molecule has 0 aliphatic carbocycles. The van der Waals surface area contributed by atoms with Gasteiger partial charge in [0, 0.05) is 0 Å². The number of carbonyl (C=O) groups is 2. The van der Waals surface area contributed by atoms with E-state index >= 15 is 0 Å². The van der Waals surface area contributed by atoms with Crippen LogP contribution in [0.15, 0.2) is 22.7 Å². The third kappa shape index (κ3) is 2.79. The van der Waals surface area contributed by atoms with Crippen molar-refractivity contribution in [2.45, 2.75) is 27.2 Å². The van der Waals surface area contributed by atoms with E-state index < -0.39 is 11.9 Å². The van der Waals surface area contributed by atoms with E-state index in [0.29, 0.717) is 29.0 Å². The third-order valence-corrected chi connectivity index (χ3v) is 3.23. The molecule has 0 saturated heterocycles. The Balaban J connectivity index is 2.39. The van der Waals surface area contributed by atoms with Crippen LogP contribution in [-0.2, 0) is 6.42 Å². The Morgan fingerprint density at radius 1 is 1.29 bits per heavy atom. The lowest BCUT2D eigenvalue weighted by molar-refractivity contribution is 0.0697. The van der Waals surface area contributed by atoms with Gasteiger partial charge in [0.05, 0.1) is 16.9 Å². The maximum atomic E-state index is 12.4. The van der Waals surface area contributed by atoms with Crippen LogP contribution in [0.3, 0.4) is 0 Å². The molecule has 1 aromatic heterocycles. The molecular weight excluding hydrogens is 272 g/mol. The Morgan fingerprint density at radius 2 is 2.00 bits per heavy atom. The van der Waals surface area contributed by atoms with E-state index in [1.165, 1.54) is 0 Å². The van der Waals surface area contributed by atoms with Gasteiger partial charge in [-0.2, -0.15) is 0 Å². The first-order valence-electron chi connectivity index (χ1n) is 6.55.